The molecule has 18 heavy (non-hydrogen) atoms. The smallest absolute Gasteiger partial charge is 0.197 e. The van der Waals surface area contributed by atoms with Gasteiger partial charge in [-0.25, -0.2) is 4.98 Å². The monoisotopic (exact) mass is 242 g/mol. The van der Waals surface area contributed by atoms with Gasteiger partial charge in [0.05, 0.1) is 12.3 Å². The predicted molar refractivity (Wildman–Crippen MR) is 68.2 cm³/mol. The highest BCUT2D eigenvalue weighted by Gasteiger charge is 2.16. The van der Waals surface area contributed by atoms with Crippen molar-refractivity contribution in [1.82, 2.24) is 10.3 Å². The Labute approximate surface area is 105 Å². The van der Waals surface area contributed by atoms with Gasteiger partial charge in [0.2, 0.25) is 0 Å². The van der Waals surface area contributed by atoms with E-state index >= 15 is 0 Å². The van der Waals surface area contributed by atoms with Gasteiger partial charge in [-0.1, -0.05) is 12.1 Å². The Hall–Kier alpha value is -2.07. The van der Waals surface area contributed by atoms with E-state index in [1.807, 2.05) is 43.4 Å². The third-order valence-electron chi connectivity index (χ3n) is 2.95. The number of nitrogens with zero attached hydrogens (tertiary/aromatic N) is 1. The molecule has 0 aliphatic carbocycles. The molecule has 92 valence electrons. The number of fused-ring (bicyclic) bond motifs is 1. The van der Waals surface area contributed by atoms with Crippen LogP contribution in [0, 0.1) is 0 Å². The van der Waals surface area contributed by atoms with Gasteiger partial charge >= 0.3 is 0 Å². The van der Waals surface area contributed by atoms with Crippen LogP contribution in [0.1, 0.15) is 17.7 Å². The van der Waals surface area contributed by atoms with E-state index in [0.29, 0.717) is 12.3 Å². The molecule has 4 heteroatoms. The molecule has 0 radical (unpaired) electrons. The van der Waals surface area contributed by atoms with Gasteiger partial charge in [-0.3, -0.25) is 0 Å². The summed E-state index contributed by atoms with van der Waals surface area (Å²) in [7, 11) is 1.90. The Kier molecular flexibility index (Phi) is 2.86. The van der Waals surface area contributed by atoms with Gasteiger partial charge in [0, 0.05) is 6.42 Å². The summed E-state index contributed by atoms with van der Waals surface area (Å²) in [5.41, 5.74) is 1.71. The van der Waals surface area contributed by atoms with E-state index in [1.54, 1.807) is 6.26 Å². The molecule has 1 aromatic carbocycles. The number of hydrogen-bond acceptors (Lipinski definition) is 4. The van der Waals surface area contributed by atoms with Crippen LogP contribution >= 0.6 is 0 Å². The van der Waals surface area contributed by atoms with Crippen molar-refractivity contribution in [2.24, 2.45) is 0 Å². The van der Waals surface area contributed by atoms with Gasteiger partial charge < -0.3 is 14.2 Å². The minimum atomic E-state index is 0.0769. The van der Waals surface area contributed by atoms with Crippen LogP contribution in [0.2, 0.25) is 0 Å². The lowest BCUT2D eigenvalue weighted by Gasteiger charge is -2.10. The number of para-hydroxylation sites is 2. The zero-order valence-corrected chi connectivity index (χ0v) is 10.1. The third-order valence-corrected chi connectivity index (χ3v) is 2.95. The van der Waals surface area contributed by atoms with Crippen LogP contribution in [0.5, 0.6) is 0 Å². The lowest BCUT2D eigenvalue weighted by molar-refractivity contribution is 0.401. The molecule has 3 rings (SSSR count). The Morgan fingerprint density at radius 2 is 2.11 bits per heavy atom. The first-order chi connectivity index (χ1) is 8.86. The Bertz CT molecular complexity index is 595. The highest BCUT2D eigenvalue weighted by atomic mass is 16.3. The van der Waals surface area contributed by atoms with E-state index < -0.39 is 0 Å². The van der Waals surface area contributed by atoms with Crippen molar-refractivity contribution in [2.45, 2.75) is 12.5 Å². The second-order valence-electron chi connectivity index (χ2n) is 4.14. The summed E-state index contributed by atoms with van der Waals surface area (Å²) in [5, 5.41) is 3.20. The van der Waals surface area contributed by atoms with E-state index in [4.69, 9.17) is 8.83 Å². The maximum atomic E-state index is 5.71. The Balaban J connectivity index is 1.86. The van der Waals surface area contributed by atoms with E-state index in [2.05, 4.69) is 10.3 Å². The van der Waals surface area contributed by atoms with Crippen LogP contribution in [0.25, 0.3) is 11.1 Å². The summed E-state index contributed by atoms with van der Waals surface area (Å²) in [4.78, 5) is 4.46. The summed E-state index contributed by atoms with van der Waals surface area (Å²) in [6.07, 6.45) is 2.34. The summed E-state index contributed by atoms with van der Waals surface area (Å²) in [6.45, 7) is 0. The number of rotatable bonds is 4. The fraction of sp³-hybridized carbons (Fsp3) is 0.214. The summed E-state index contributed by atoms with van der Waals surface area (Å²) >= 11 is 0. The molecule has 0 saturated heterocycles. The molecule has 0 amide bonds. The standard InChI is InChI=1S/C14H14N2O2/c1-15-11(12-7-4-8-17-12)9-14-16-10-5-2-3-6-13(10)18-14/h2-8,11,15H,9H2,1H3. The number of likely N-dealkylation sites (N-methyl/N-ethyl adjacent to an activating group) is 1. The lowest BCUT2D eigenvalue weighted by atomic mass is 10.1. The number of furan rings is 1. The Morgan fingerprint density at radius 1 is 1.22 bits per heavy atom. The maximum absolute atomic E-state index is 5.71. The van der Waals surface area contributed by atoms with E-state index in [0.717, 1.165) is 16.9 Å². The maximum Gasteiger partial charge on any atom is 0.197 e. The minimum Gasteiger partial charge on any atom is -0.468 e. The molecule has 2 heterocycles. The highest BCUT2D eigenvalue weighted by Crippen LogP contribution is 2.21. The van der Waals surface area contributed by atoms with Crippen molar-refractivity contribution >= 4 is 11.1 Å². The molecule has 1 atom stereocenters. The van der Waals surface area contributed by atoms with Crippen molar-refractivity contribution in [3.63, 3.8) is 0 Å². The minimum absolute atomic E-state index is 0.0769. The van der Waals surface area contributed by atoms with Gasteiger partial charge in [-0.2, -0.15) is 0 Å². The molecule has 0 saturated carbocycles. The topological polar surface area (TPSA) is 51.2 Å². The third kappa shape index (κ3) is 2.02. The first-order valence-electron chi connectivity index (χ1n) is 5.92. The van der Waals surface area contributed by atoms with E-state index in [1.165, 1.54) is 0 Å². The van der Waals surface area contributed by atoms with Crippen LogP contribution in [-0.2, 0) is 6.42 Å². The molecule has 3 aromatic rings. The average molecular weight is 242 g/mol. The molecule has 1 unspecified atom stereocenters. The van der Waals surface area contributed by atoms with Crippen LogP contribution in [0.3, 0.4) is 0 Å². The lowest BCUT2D eigenvalue weighted by Crippen LogP contribution is -2.18. The molecule has 4 nitrogen and oxygen atoms in total. The SMILES string of the molecule is CNC(Cc1nc2ccccc2o1)c1ccco1. The van der Waals surface area contributed by atoms with Crippen LogP contribution in [0.15, 0.2) is 51.5 Å². The molecule has 0 bridgehead atoms. The van der Waals surface area contributed by atoms with Crippen molar-refractivity contribution in [3.05, 3.63) is 54.3 Å². The first-order valence-corrected chi connectivity index (χ1v) is 5.92. The second kappa shape index (κ2) is 4.66. The quantitative estimate of drug-likeness (QED) is 0.764. The molecule has 0 fully saturated rings. The number of benzene rings is 1. The fourth-order valence-corrected chi connectivity index (χ4v) is 2.02. The normalized spacial score (nSPS) is 12.9. The molecular formula is C14H14N2O2. The average Bonchev–Trinajstić information content (AvgIpc) is 3.04. The first kappa shape index (κ1) is 11.0. The molecule has 0 aliphatic rings. The highest BCUT2D eigenvalue weighted by molar-refractivity contribution is 5.72. The summed E-state index contributed by atoms with van der Waals surface area (Å²) in [6, 6.07) is 11.7. The van der Waals surface area contributed by atoms with Crippen molar-refractivity contribution < 1.29 is 8.83 Å². The number of aromatic nitrogens is 1. The molecule has 1 N–H and O–H groups in total. The second-order valence-corrected chi connectivity index (χ2v) is 4.14. The molecular weight excluding hydrogens is 228 g/mol. The van der Waals surface area contributed by atoms with Crippen LogP contribution in [-0.4, -0.2) is 12.0 Å². The zero-order valence-electron chi connectivity index (χ0n) is 10.1. The van der Waals surface area contributed by atoms with Gasteiger partial charge in [0.25, 0.3) is 0 Å². The zero-order chi connectivity index (χ0) is 12.4. The fourth-order valence-electron chi connectivity index (χ4n) is 2.02. The molecule has 0 spiro atoms. The van der Waals surface area contributed by atoms with E-state index in [-0.39, 0.29) is 6.04 Å². The van der Waals surface area contributed by atoms with Crippen molar-refractivity contribution in [3.8, 4) is 0 Å². The summed E-state index contributed by atoms with van der Waals surface area (Å²) < 4.78 is 11.1. The predicted octanol–water partition coefficient (Wildman–Crippen LogP) is 2.92. The van der Waals surface area contributed by atoms with Gasteiger partial charge in [0.1, 0.15) is 11.3 Å². The van der Waals surface area contributed by atoms with Gasteiger partial charge in [-0.05, 0) is 31.3 Å². The molecule has 0 aliphatic heterocycles. The number of oxazole rings is 1. The Morgan fingerprint density at radius 3 is 2.83 bits per heavy atom. The van der Waals surface area contributed by atoms with Crippen LogP contribution < -0.4 is 5.32 Å². The summed E-state index contributed by atoms with van der Waals surface area (Å²) in [5.74, 6) is 1.60. The molecule has 2 aromatic heterocycles. The number of nitrogens with one attached hydrogen (secondary N) is 1. The van der Waals surface area contributed by atoms with Gasteiger partial charge in [-0.15, -0.1) is 0 Å². The van der Waals surface area contributed by atoms with Crippen molar-refractivity contribution in [2.75, 3.05) is 7.05 Å². The van der Waals surface area contributed by atoms with E-state index in [9.17, 15) is 0 Å². The van der Waals surface area contributed by atoms with Crippen LogP contribution in [0.4, 0.5) is 0 Å². The number of hydrogen-bond donors (Lipinski definition) is 1. The largest absolute Gasteiger partial charge is 0.468 e. The van der Waals surface area contributed by atoms with Gasteiger partial charge in [0.15, 0.2) is 11.5 Å². The van der Waals surface area contributed by atoms with Crippen molar-refractivity contribution in [1.29, 1.82) is 0 Å².